The molecule has 0 rings (SSSR count). The first kappa shape index (κ1) is 62.5. The maximum absolute atomic E-state index is 12.5. The fourth-order valence-corrected chi connectivity index (χ4v) is 7.54. The molecular formula is C62H103NO3. The summed E-state index contributed by atoms with van der Waals surface area (Å²) in [5.74, 6) is -0.0678. The van der Waals surface area contributed by atoms with Crippen LogP contribution < -0.4 is 5.32 Å². The lowest BCUT2D eigenvalue weighted by atomic mass is 10.0. The lowest BCUT2D eigenvalue weighted by molar-refractivity contribution is -0.123. The third-order valence-electron chi connectivity index (χ3n) is 11.7. The molecule has 1 amide bonds. The molecule has 0 radical (unpaired) electrons. The Morgan fingerprint density at radius 2 is 0.667 bits per heavy atom. The van der Waals surface area contributed by atoms with Crippen molar-refractivity contribution in [2.75, 3.05) is 6.61 Å². The molecule has 0 aliphatic carbocycles. The van der Waals surface area contributed by atoms with E-state index < -0.39 is 12.1 Å². The predicted molar refractivity (Wildman–Crippen MR) is 294 cm³/mol. The molecule has 0 aromatic heterocycles. The van der Waals surface area contributed by atoms with E-state index in [2.05, 4.69) is 153 Å². The molecule has 2 unspecified atom stereocenters. The zero-order valence-corrected chi connectivity index (χ0v) is 42.9. The summed E-state index contributed by atoms with van der Waals surface area (Å²) >= 11 is 0. The van der Waals surface area contributed by atoms with Crippen LogP contribution in [0.5, 0.6) is 0 Å². The lowest BCUT2D eigenvalue weighted by Crippen LogP contribution is -2.45. The molecule has 4 nitrogen and oxygen atoms in total. The number of rotatable bonds is 48. The predicted octanol–water partition coefficient (Wildman–Crippen LogP) is 18.2. The van der Waals surface area contributed by atoms with E-state index in [9.17, 15) is 15.0 Å². The van der Waals surface area contributed by atoms with Crippen molar-refractivity contribution in [2.24, 2.45) is 0 Å². The van der Waals surface area contributed by atoms with E-state index in [1.54, 1.807) is 0 Å². The molecule has 0 aromatic rings. The molecule has 0 bridgehead atoms. The van der Waals surface area contributed by atoms with Gasteiger partial charge in [0.1, 0.15) is 0 Å². The van der Waals surface area contributed by atoms with Gasteiger partial charge in [-0.05, 0) is 96.3 Å². The highest BCUT2D eigenvalue weighted by atomic mass is 16.3. The first-order valence-electron chi connectivity index (χ1n) is 27.4. The van der Waals surface area contributed by atoms with Crippen molar-refractivity contribution in [2.45, 2.75) is 244 Å². The van der Waals surface area contributed by atoms with Crippen molar-refractivity contribution in [1.29, 1.82) is 0 Å². The molecule has 0 aliphatic heterocycles. The van der Waals surface area contributed by atoms with Crippen molar-refractivity contribution in [1.82, 2.24) is 5.32 Å². The van der Waals surface area contributed by atoms with Gasteiger partial charge in [0.15, 0.2) is 0 Å². The number of amides is 1. The SMILES string of the molecule is CC/C=C\C/C=C\C/C=C\C/C=C\C/C=C\C/C=C\C/C=C\C/C=C\C/C=C\C/C=C\C/C=C\CCCCCC(=O)NC(CO)C(O)CCCCCCCCCCCCCCCCCCC. The van der Waals surface area contributed by atoms with Gasteiger partial charge in [-0.25, -0.2) is 0 Å². The summed E-state index contributed by atoms with van der Waals surface area (Å²) < 4.78 is 0. The number of unbranched alkanes of at least 4 members (excludes halogenated alkanes) is 19. The largest absolute Gasteiger partial charge is 0.394 e. The second-order valence-corrected chi connectivity index (χ2v) is 17.9. The fourth-order valence-electron chi connectivity index (χ4n) is 7.54. The van der Waals surface area contributed by atoms with Gasteiger partial charge in [0.25, 0.3) is 0 Å². The molecule has 0 fully saturated rings. The van der Waals surface area contributed by atoms with Gasteiger partial charge in [-0.15, -0.1) is 0 Å². The van der Waals surface area contributed by atoms with E-state index in [-0.39, 0.29) is 12.5 Å². The highest BCUT2D eigenvalue weighted by molar-refractivity contribution is 5.76. The standard InChI is InChI=1S/C62H103NO3/c1-3-5-7-9-11-13-15-17-19-21-22-23-24-25-26-27-28-29-30-31-32-33-34-35-36-37-38-39-40-42-44-46-48-50-52-54-56-58-62(66)63-60(59-64)61(65)57-55-53-51-49-47-45-43-41-20-18-16-14-12-10-8-6-4-2/h5,7,11,13,17,19,22-23,25-26,28-29,31-32,34-35,37-38,40,42,46,48,60-61,64-65H,3-4,6,8-10,12,14-16,18,20-21,24,27,30,33,36,39,41,43-45,47,49-59H2,1-2H3,(H,63,66)/b7-5-,13-11-,19-17-,23-22-,26-25-,29-28-,32-31-,35-34-,38-37-,42-40-,48-46-. The normalized spacial score (nSPS) is 13.9. The average Bonchev–Trinajstić information content (AvgIpc) is 3.32. The molecule has 0 heterocycles. The number of hydrogen-bond donors (Lipinski definition) is 3. The van der Waals surface area contributed by atoms with E-state index in [0.717, 1.165) is 109 Å². The highest BCUT2D eigenvalue weighted by Crippen LogP contribution is 2.15. The number of nitrogens with one attached hydrogen (secondary N) is 1. The monoisotopic (exact) mass is 910 g/mol. The molecule has 0 spiro atoms. The van der Waals surface area contributed by atoms with Crippen molar-refractivity contribution < 1.29 is 15.0 Å². The number of carbonyl (C=O) groups is 1. The minimum atomic E-state index is -0.683. The maximum atomic E-state index is 12.5. The molecule has 374 valence electrons. The van der Waals surface area contributed by atoms with Crippen LogP contribution in [0.2, 0.25) is 0 Å². The minimum Gasteiger partial charge on any atom is -0.394 e. The van der Waals surface area contributed by atoms with Crippen LogP contribution in [-0.2, 0) is 4.79 Å². The smallest absolute Gasteiger partial charge is 0.220 e. The average molecular weight is 911 g/mol. The van der Waals surface area contributed by atoms with Crippen LogP contribution in [0.25, 0.3) is 0 Å². The molecule has 2 atom stereocenters. The summed E-state index contributed by atoms with van der Waals surface area (Å²) in [6.07, 6.45) is 87.0. The van der Waals surface area contributed by atoms with Gasteiger partial charge in [-0.3, -0.25) is 4.79 Å². The van der Waals surface area contributed by atoms with Gasteiger partial charge >= 0.3 is 0 Å². The molecular weight excluding hydrogens is 807 g/mol. The van der Waals surface area contributed by atoms with Crippen LogP contribution >= 0.6 is 0 Å². The second kappa shape index (κ2) is 55.9. The maximum Gasteiger partial charge on any atom is 0.220 e. The molecule has 66 heavy (non-hydrogen) atoms. The zero-order valence-electron chi connectivity index (χ0n) is 42.9. The number of aliphatic hydroxyl groups excluding tert-OH is 2. The summed E-state index contributed by atoms with van der Waals surface area (Å²) in [6, 6.07) is -0.564. The third-order valence-corrected chi connectivity index (χ3v) is 11.7. The second-order valence-electron chi connectivity index (χ2n) is 17.9. The van der Waals surface area contributed by atoms with Crippen molar-refractivity contribution in [3.8, 4) is 0 Å². The Morgan fingerprint density at radius 1 is 0.379 bits per heavy atom. The van der Waals surface area contributed by atoms with Crippen LogP contribution in [-0.4, -0.2) is 34.9 Å². The zero-order chi connectivity index (χ0) is 47.7. The van der Waals surface area contributed by atoms with E-state index in [4.69, 9.17) is 0 Å². The first-order chi connectivity index (χ1) is 32.7. The van der Waals surface area contributed by atoms with Gasteiger partial charge in [-0.2, -0.15) is 0 Å². The van der Waals surface area contributed by atoms with Crippen LogP contribution in [0.1, 0.15) is 232 Å². The Bertz CT molecular complexity index is 1350. The Hall–Kier alpha value is -3.47. The number of aliphatic hydroxyl groups is 2. The van der Waals surface area contributed by atoms with E-state index in [0.29, 0.717) is 12.8 Å². The summed E-state index contributed by atoms with van der Waals surface area (Å²) in [7, 11) is 0. The summed E-state index contributed by atoms with van der Waals surface area (Å²) in [4.78, 5) is 12.5. The summed E-state index contributed by atoms with van der Waals surface area (Å²) in [5.41, 5.74) is 0. The van der Waals surface area contributed by atoms with E-state index >= 15 is 0 Å². The minimum absolute atomic E-state index is 0.0678. The number of hydrogen-bond acceptors (Lipinski definition) is 3. The van der Waals surface area contributed by atoms with E-state index in [1.165, 1.54) is 96.3 Å². The Balaban J connectivity index is 3.69. The van der Waals surface area contributed by atoms with Gasteiger partial charge in [0.05, 0.1) is 18.8 Å². The van der Waals surface area contributed by atoms with Gasteiger partial charge < -0.3 is 15.5 Å². The molecule has 0 saturated carbocycles. The topological polar surface area (TPSA) is 69.6 Å². The van der Waals surface area contributed by atoms with Crippen LogP contribution in [0.3, 0.4) is 0 Å². The quantitative estimate of drug-likeness (QED) is 0.0421. The van der Waals surface area contributed by atoms with Gasteiger partial charge in [0, 0.05) is 6.42 Å². The molecule has 0 aliphatic rings. The fraction of sp³-hybridized carbons (Fsp3) is 0.629. The molecule has 0 aromatic carbocycles. The Labute approximate surface area is 409 Å². The molecule has 3 N–H and O–H groups in total. The van der Waals surface area contributed by atoms with Crippen molar-refractivity contribution in [3.05, 3.63) is 134 Å². The molecule has 4 heteroatoms. The highest BCUT2D eigenvalue weighted by Gasteiger charge is 2.20. The van der Waals surface area contributed by atoms with Crippen LogP contribution in [0.15, 0.2) is 134 Å². The Kier molecular flexibility index (Phi) is 52.9. The van der Waals surface area contributed by atoms with E-state index in [1.807, 2.05) is 0 Å². The number of carbonyl (C=O) groups excluding carboxylic acids is 1. The Morgan fingerprint density at radius 3 is 0.985 bits per heavy atom. The lowest BCUT2D eigenvalue weighted by Gasteiger charge is -2.22. The van der Waals surface area contributed by atoms with Crippen molar-refractivity contribution >= 4 is 5.91 Å². The van der Waals surface area contributed by atoms with Gasteiger partial charge in [-0.1, -0.05) is 263 Å². The molecule has 0 saturated heterocycles. The summed E-state index contributed by atoms with van der Waals surface area (Å²) in [6.45, 7) is 4.23. The third kappa shape index (κ3) is 51.5. The summed E-state index contributed by atoms with van der Waals surface area (Å²) in [5, 5.41) is 23.3. The van der Waals surface area contributed by atoms with Gasteiger partial charge in [0.2, 0.25) is 5.91 Å². The van der Waals surface area contributed by atoms with Crippen LogP contribution in [0, 0.1) is 0 Å². The van der Waals surface area contributed by atoms with Crippen LogP contribution in [0.4, 0.5) is 0 Å². The van der Waals surface area contributed by atoms with Crippen molar-refractivity contribution in [3.63, 3.8) is 0 Å². The first-order valence-corrected chi connectivity index (χ1v) is 27.4. The number of allylic oxidation sites excluding steroid dienone is 22.